The smallest absolute Gasteiger partial charge is 0.169 e. The van der Waals surface area contributed by atoms with E-state index in [0.29, 0.717) is 27.5 Å². The molecule has 2 aromatic rings. The molecule has 0 bridgehead atoms. The molecule has 1 unspecified atom stereocenters. The van der Waals surface area contributed by atoms with Crippen molar-refractivity contribution in [1.29, 1.82) is 0 Å². The molecule has 22 heavy (non-hydrogen) atoms. The van der Waals surface area contributed by atoms with E-state index in [1.165, 1.54) is 0 Å². The van der Waals surface area contributed by atoms with Crippen molar-refractivity contribution in [3.63, 3.8) is 0 Å². The van der Waals surface area contributed by atoms with Crippen molar-refractivity contribution in [2.45, 2.75) is 6.04 Å². The second-order valence-corrected chi connectivity index (χ2v) is 6.58. The van der Waals surface area contributed by atoms with E-state index in [0.717, 1.165) is 23.2 Å². The van der Waals surface area contributed by atoms with Crippen LogP contribution in [-0.2, 0) is 4.79 Å². The molecule has 1 fully saturated rings. The molecule has 0 aromatic heterocycles. The third-order valence-corrected chi connectivity index (χ3v) is 4.66. The molecule has 0 radical (unpaired) electrons. The first-order valence-electron chi connectivity index (χ1n) is 6.63. The van der Waals surface area contributed by atoms with Crippen LogP contribution in [0.3, 0.4) is 0 Å². The van der Waals surface area contributed by atoms with Gasteiger partial charge >= 0.3 is 0 Å². The van der Waals surface area contributed by atoms with Crippen LogP contribution in [0.25, 0.3) is 0 Å². The van der Waals surface area contributed by atoms with E-state index in [4.69, 9.17) is 23.2 Å². The lowest BCUT2D eigenvalue weighted by Gasteiger charge is -2.27. The van der Waals surface area contributed by atoms with Crippen LogP contribution in [-0.4, -0.2) is 17.8 Å². The van der Waals surface area contributed by atoms with Crippen molar-refractivity contribution in [3.8, 4) is 0 Å². The average Bonchev–Trinajstić information content (AvgIpc) is 2.42. The first kappa shape index (κ1) is 15.6. The number of aliphatic imine (C=N–C) groups is 1. The standard InChI is InChI=1S/C16H12Cl2N2OS/c17-12-5-13(18)7-14(6-12)19-15(8-21)10-2-1-3-11(4-10)16-9-22-20-16/h1-8,16,20H,9H2. The lowest BCUT2D eigenvalue weighted by molar-refractivity contribution is -0.102. The summed E-state index contributed by atoms with van der Waals surface area (Å²) in [5.74, 6) is 1.03. The fourth-order valence-corrected chi connectivity index (χ4v) is 3.32. The number of aldehydes is 1. The van der Waals surface area contributed by atoms with E-state index in [9.17, 15) is 4.79 Å². The number of carbonyl (C=O) groups excluding carboxylic acids is 1. The van der Waals surface area contributed by atoms with E-state index >= 15 is 0 Å². The van der Waals surface area contributed by atoms with Crippen LogP contribution in [0.2, 0.25) is 10.0 Å². The van der Waals surface area contributed by atoms with Gasteiger partial charge in [-0.2, -0.15) is 0 Å². The Bertz CT molecular complexity index is 724. The Kier molecular flexibility index (Phi) is 4.84. The lowest BCUT2D eigenvalue weighted by atomic mass is 10.0. The number of nitrogens with one attached hydrogen (secondary N) is 1. The van der Waals surface area contributed by atoms with Crippen LogP contribution in [0.15, 0.2) is 47.5 Å². The highest BCUT2D eigenvalue weighted by Crippen LogP contribution is 2.29. The van der Waals surface area contributed by atoms with Gasteiger partial charge in [0.05, 0.1) is 11.7 Å². The van der Waals surface area contributed by atoms with E-state index in [1.54, 1.807) is 30.1 Å². The van der Waals surface area contributed by atoms with E-state index in [1.807, 2.05) is 24.3 Å². The minimum absolute atomic E-state index is 0.332. The van der Waals surface area contributed by atoms with Gasteiger partial charge in [0.15, 0.2) is 6.29 Å². The summed E-state index contributed by atoms with van der Waals surface area (Å²) in [6.07, 6.45) is 0.747. The quantitative estimate of drug-likeness (QED) is 0.497. The normalized spacial score (nSPS) is 17.9. The molecule has 1 heterocycles. The SMILES string of the molecule is O=CC(=Nc1cc(Cl)cc(Cl)c1)c1cccc(C2CSN2)c1. The average molecular weight is 351 g/mol. The van der Waals surface area contributed by atoms with E-state index in [-0.39, 0.29) is 0 Å². The van der Waals surface area contributed by atoms with Crippen LogP contribution in [0, 0.1) is 0 Å². The Morgan fingerprint density at radius 3 is 2.55 bits per heavy atom. The summed E-state index contributed by atoms with van der Waals surface area (Å²) in [6.45, 7) is 0. The molecule has 1 atom stereocenters. The second kappa shape index (κ2) is 6.84. The molecule has 0 saturated carbocycles. The zero-order valence-corrected chi connectivity index (χ0v) is 13.8. The highest BCUT2D eigenvalue weighted by Gasteiger charge is 2.20. The Hall–Kier alpha value is -1.33. The molecular weight excluding hydrogens is 339 g/mol. The topological polar surface area (TPSA) is 41.5 Å². The first-order chi connectivity index (χ1) is 10.7. The highest BCUT2D eigenvalue weighted by molar-refractivity contribution is 7.98. The maximum atomic E-state index is 11.4. The summed E-state index contributed by atoms with van der Waals surface area (Å²) in [6, 6.07) is 13.1. The number of benzene rings is 2. The molecule has 6 heteroatoms. The van der Waals surface area contributed by atoms with Gasteiger partial charge in [0.2, 0.25) is 0 Å². The predicted octanol–water partition coefficient (Wildman–Crippen LogP) is 4.61. The third kappa shape index (κ3) is 3.52. The summed E-state index contributed by atoms with van der Waals surface area (Å²) >= 11 is 13.6. The molecule has 1 saturated heterocycles. The minimum Gasteiger partial charge on any atom is -0.296 e. The van der Waals surface area contributed by atoms with Crippen molar-refractivity contribution < 1.29 is 4.79 Å². The molecule has 3 nitrogen and oxygen atoms in total. The predicted molar refractivity (Wildman–Crippen MR) is 93.5 cm³/mol. The van der Waals surface area contributed by atoms with Crippen LogP contribution in [0.5, 0.6) is 0 Å². The summed E-state index contributed by atoms with van der Waals surface area (Å²) in [4.78, 5) is 15.8. The minimum atomic E-state index is 0.332. The van der Waals surface area contributed by atoms with Crippen LogP contribution < -0.4 is 4.72 Å². The van der Waals surface area contributed by atoms with Gasteiger partial charge in [-0.05, 0) is 29.8 Å². The summed E-state index contributed by atoms with van der Waals surface area (Å²) < 4.78 is 3.26. The monoisotopic (exact) mass is 350 g/mol. The molecule has 1 aliphatic rings. The Morgan fingerprint density at radius 2 is 1.95 bits per heavy atom. The third-order valence-electron chi connectivity index (χ3n) is 3.27. The van der Waals surface area contributed by atoms with Gasteiger partial charge in [0.25, 0.3) is 0 Å². The van der Waals surface area contributed by atoms with Gasteiger partial charge < -0.3 is 0 Å². The van der Waals surface area contributed by atoms with Crippen molar-refractivity contribution in [3.05, 3.63) is 63.6 Å². The summed E-state index contributed by atoms with van der Waals surface area (Å²) in [5, 5.41) is 0.974. The maximum Gasteiger partial charge on any atom is 0.169 e. The molecule has 112 valence electrons. The van der Waals surface area contributed by atoms with Crippen molar-refractivity contribution >= 4 is 52.8 Å². The van der Waals surface area contributed by atoms with Crippen molar-refractivity contribution in [2.75, 3.05) is 5.75 Å². The van der Waals surface area contributed by atoms with Gasteiger partial charge in [-0.1, -0.05) is 53.3 Å². The van der Waals surface area contributed by atoms with E-state index in [2.05, 4.69) is 9.71 Å². The Labute approximate surface area is 142 Å². The number of hydrogen-bond donors (Lipinski definition) is 1. The fourth-order valence-electron chi connectivity index (χ4n) is 2.15. The van der Waals surface area contributed by atoms with Gasteiger partial charge in [0, 0.05) is 21.4 Å². The second-order valence-electron chi connectivity index (χ2n) is 4.85. The molecule has 1 N–H and O–H groups in total. The molecule has 0 amide bonds. The zero-order valence-electron chi connectivity index (χ0n) is 11.4. The Morgan fingerprint density at radius 1 is 1.23 bits per heavy atom. The van der Waals surface area contributed by atoms with Crippen molar-refractivity contribution in [1.82, 2.24) is 4.72 Å². The molecular formula is C16H12Cl2N2OS. The Balaban J connectivity index is 1.96. The largest absolute Gasteiger partial charge is 0.296 e. The maximum absolute atomic E-state index is 11.4. The number of halogens is 2. The van der Waals surface area contributed by atoms with Gasteiger partial charge in [-0.3, -0.25) is 9.52 Å². The van der Waals surface area contributed by atoms with Crippen molar-refractivity contribution in [2.24, 2.45) is 4.99 Å². The van der Waals surface area contributed by atoms with Gasteiger partial charge in [0.1, 0.15) is 5.71 Å². The number of rotatable bonds is 4. The molecule has 3 rings (SSSR count). The molecule has 0 aliphatic carbocycles. The number of hydrogen-bond acceptors (Lipinski definition) is 4. The fraction of sp³-hybridized carbons (Fsp3) is 0.125. The summed E-state index contributed by atoms with van der Waals surface area (Å²) in [7, 11) is 0. The highest BCUT2D eigenvalue weighted by atomic mass is 35.5. The number of carbonyl (C=O) groups is 1. The molecule has 1 aliphatic heterocycles. The summed E-state index contributed by atoms with van der Waals surface area (Å²) in [5.41, 5.74) is 2.84. The molecule has 2 aromatic carbocycles. The van der Waals surface area contributed by atoms with Crippen LogP contribution >= 0.6 is 35.1 Å². The zero-order chi connectivity index (χ0) is 15.5. The van der Waals surface area contributed by atoms with Crippen LogP contribution in [0.1, 0.15) is 17.2 Å². The van der Waals surface area contributed by atoms with Crippen LogP contribution in [0.4, 0.5) is 5.69 Å². The number of nitrogens with zero attached hydrogens (tertiary/aromatic N) is 1. The lowest BCUT2D eigenvalue weighted by Crippen LogP contribution is -2.28. The van der Waals surface area contributed by atoms with Gasteiger partial charge in [-0.25, -0.2) is 4.99 Å². The van der Waals surface area contributed by atoms with E-state index < -0.39 is 0 Å². The van der Waals surface area contributed by atoms with Gasteiger partial charge in [-0.15, -0.1) is 0 Å². The molecule has 0 spiro atoms. The first-order valence-corrected chi connectivity index (χ1v) is 8.37.